The monoisotopic (exact) mass is 888 g/mol. The number of nitrogens with zero attached hydrogens (tertiary/aromatic N) is 2. The zero-order valence-corrected chi connectivity index (χ0v) is 43.8. The fourth-order valence-electron chi connectivity index (χ4n) is 16.0. The summed E-state index contributed by atoms with van der Waals surface area (Å²) in [5.41, 5.74) is 6.72. The van der Waals surface area contributed by atoms with Crippen molar-refractivity contribution in [1.29, 1.82) is 0 Å². The van der Waals surface area contributed by atoms with Gasteiger partial charge in [-0.2, -0.15) is 0 Å². The van der Waals surface area contributed by atoms with Crippen LogP contribution < -0.4 is 5.32 Å². The third-order valence-corrected chi connectivity index (χ3v) is 20.8. The van der Waals surface area contributed by atoms with Crippen molar-refractivity contribution in [2.24, 2.45) is 46.3 Å². The number of fused-ring (bicyclic) bond motifs is 5. The zero-order valence-electron chi connectivity index (χ0n) is 43.8. The lowest BCUT2D eigenvalue weighted by Gasteiger charge is -2.58. The molecule has 2 aliphatic heterocycles. The minimum Gasteiger partial charge on any atom is -0.342 e. The standard InChI is InChI=1S/C62H101N3/c1-11-50-44-51(29-27-25-23-21-19-17-15-13-14-16-18-20-22-24-26-28-38-62(12-2)42-41-59(6,7)64(62)10)58(45-50)65-46-52(48(4)63-49(65)5)30-31-53-33-35-56-55-34-32-54-43-47(3)36-39-61(54,9)57(55)37-40-60(53,56)8/h43,46,50-51,53,55-58,63H,3-5,11-29,32-42,44-45H2,1-2,6-10H3/t50?,51-,53-,55?,56?,57?,58?,60-,61+,62?/m1/s1. The first kappa shape index (κ1) is 50.7. The number of hydrogen-bond donors (Lipinski definition) is 1. The van der Waals surface area contributed by atoms with E-state index in [1.807, 2.05) is 0 Å². The molecule has 6 unspecified atom stereocenters. The third-order valence-electron chi connectivity index (χ3n) is 20.8. The lowest BCUT2D eigenvalue weighted by molar-refractivity contribution is -0.0427. The highest BCUT2D eigenvalue weighted by molar-refractivity contribution is 5.48. The van der Waals surface area contributed by atoms with E-state index in [1.54, 1.807) is 5.57 Å². The van der Waals surface area contributed by atoms with Crippen LogP contribution in [-0.4, -0.2) is 34.0 Å². The van der Waals surface area contributed by atoms with Crippen LogP contribution in [0.3, 0.4) is 0 Å². The van der Waals surface area contributed by atoms with Crippen molar-refractivity contribution < 1.29 is 0 Å². The Kier molecular flexibility index (Phi) is 17.5. The number of nitrogens with one attached hydrogen (secondary N) is 1. The van der Waals surface area contributed by atoms with Crippen LogP contribution in [0, 0.1) is 58.2 Å². The summed E-state index contributed by atoms with van der Waals surface area (Å²) in [7, 11) is 2.39. The van der Waals surface area contributed by atoms with Crippen LogP contribution in [0.4, 0.5) is 0 Å². The van der Waals surface area contributed by atoms with Crippen LogP contribution >= 0.6 is 0 Å². The van der Waals surface area contributed by atoms with Gasteiger partial charge in [-0.25, -0.2) is 0 Å². The molecule has 3 nitrogen and oxygen atoms in total. The maximum atomic E-state index is 4.54. The predicted octanol–water partition coefficient (Wildman–Crippen LogP) is 17.4. The van der Waals surface area contributed by atoms with Gasteiger partial charge in [0.15, 0.2) is 0 Å². The van der Waals surface area contributed by atoms with Crippen LogP contribution in [0.15, 0.2) is 60.3 Å². The summed E-state index contributed by atoms with van der Waals surface area (Å²) in [6.07, 6.45) is 49.1. The van der Waals surface area contributed by atoms with Crippen molar-refractivity contribution in [3.63, 3.8) is 0 Å². The van der Waals surface area contributed by atoms with E-state index >= 15 is 0 Å². The molecule has 0 aromatic carbocycles. The SMILES string of the molecule is C=C1C=C2CCC3C(CC[C@@]4(C)C3CC[C@H]4C#CC3=CN(C4CC(CC)C[C@H]4CCCCCCCCCCCCCCCCCCC4(CC)CCC(C)(C)N4C)C(=C)NC3=C)[C@@]2(C)CC1. The summed E-state index contributed by atoms with van der Waals surface area (Å²) in [4.78, 5) is 5.24. The van der Waals surface area contributed by atoms with Gasteiger partial charge in [-0.3, -0.25) is 4.90 Å². The third kappa shape index (κ3) is 11.5. The lowest BCUT2D eigenvalue weighted by atomic mass is 9.47. The van der Waals surface area contributed by atoms with Gasteiger partial charge in [0.2, 0.25) is 0 Å². The summed E-state index contributed by atoms with van der Waals surface area (Å²) in [6, 6.07) is 0.521. The Morgan fingerprint density at radius 1 is 0.708 bits per heavy atom. The van der Waals surface area contributed by atoms with E-state index < -0.39 is 0 Å². The number of unbranched alkanes of at least 4 members (excludes halogenated alkanes) is 15. The van der Waals surface area contributed by atoms with E-state index in [2.05, 4.69) is 108 Å². The van der Waals surface area contributed by atoms with Crippen molar-refractivity contribution in [3.8, 4) is 11.8 Å². The Bertz CT molecular complexity index is 1750. The molecule has 2 heterocycles. The Morgan fingerprint density at radius 2 is 1.35 bits per heavy atom. The normalized spacial score (nSPS) is 35.5. The second-order valence-electron chi connectivity index (χ2n) is 24.8. The Balaban J connectivity index is 0.773. The van der Waals surface area contributed by atoms with Gasteiger partial charge in [-0.15, -0.1) is 0 Å². The molecular formula is C62H101N3. The van der Waals surface area contributed by atoms with Crippen molar-refractivity contribution in [1.82, 2.24) is 15.1 Å². The Labute approximate surface area is 403 Å². The first-order valence-electron chi connectivity index (χ1n) is 28.5. The average molecular weight is 889 g/mol. The van der Waals surface area contributed by atoms with Gasteiger partial charge in [-0.05, 0) is 158 Å². The molecule has 0 amide bonds. The highest BCUT2D eigenvalue weighted by Gasteiger charge is 2.58. The number of rotatable bonds is 22. The molecule has 364 valence electrons. The highest BCUT2D eigenvalue weighted by atomic mass is 15.3. The van der Waals surface area contributed by atoms with E-state index in [4.69, 9.17) is 0 Å². The van der Waals surface area contributed by atoms with Crippen molar-refractivity contribution in [2.75, 3.05) is 7.05 Å². The second-order valence-corrected chi connectivity index (χ2v) is 24.8. The summed E-state index contributed by atoms with van der Waals surface area (Å²) < 4.78 is 0. The first-order valence-corrected chi connectivity index (χ1v) is 28.5. The average Bonchev–Trinajstić information content (AvgIpc) is 3.93. The number of hydrogen-bond acceptors (Lipinski definition) is 3. The molecule has 0 aromatic heterocycles. The number of likely N-dealkylation sites (tertiary alicyclic amines) is 1. The Hall–Kier alpha value is -2.18. The van der Waals surface area contributed by atoms with Gasteiger partial charge in [0.25, 0.3) is 0 Å². The van der Waals surface area contributed by atoms with E-state index in [1.165, 1.54) is 211 Å². The molecule has 0 aromatic rings. The summed E-state index contributed by atoms with van der Waals surface area (Å²) >= 11 is 0. The van der Waals surface area contributed by atoms with E-state index in [0.29, 0.717) is 33.9 Å². The second kappa shape index (κ2) is 22.5. The molecule has 0 bridgehead atoms. The lowest BCUT2D eigenvalue weighted by Crippen LogP contribution is -2.50. The quantitative estimate of drug-likeness (QED) is 0.0863. The van der Waals surface area contributed by atoms with E-state index in [0.717, 1.165) is 46.7 Å². The number of allylic oxidation sites excluding steroid dienone is 4. The first-order chi connectivity index (χ1) is 31.2. The van der Waals surface area contributed by atoms with Gasteiger partial charge in [0.1, 0.15) is 5.82 Å². The molecule has 1 saturated heterocycles. The Morgan fingerprint density at radius 3 is 1.97 bits per heavy atom. The van der Waals surface area contributed by atoms with Crippen molar-refractivity contribution >= 4 is 0 Å². The molecular weight excluding hydrogens is 787 g/mol. The summed E-state index contributed by atoms with van der Waals surface area (Å²) in [6.45, 7) is 28.3. The van der Waals surface area contributed by atoms with Crippen LogP contribution in [-0.2, 0) is 0 Å². The van der Waals surface area contributed by atoms with Gasteiger partial charge in [0.05, 0.1) is 5.57 Å². The highest BCUT2D eigenvalue weighted by Crippen LogP contribution is 2.67. The molecule has 3 heteroatoms. The van der Waals surface area contributed by atoms with Gasteiger partial charge in [-0.1, -0.05) is 186 Å². The smallest absolute Gasteiger partial charge is 0.103 e. The fraction of sp³-hybridized carbons (Fsp3) is 0.806. The van der Waals surface area contributed by atoms with E-state index in [-0.39, 0.29) is 0 Å². The molecule has 5 fully saturated rings. The molecule has 7 aliphatic rings. The van der Waals surface area contributed by atoms with Crippen LogP contribution in [0.25, 0.3) is 0 Å². The van der Waals surface area contributed by atoms with Crippen LogP contribution in [0.2, 0.25) is 0 Å². The topological polar surface area (TPSA) is 18.5 Å². The fourth-order valence-corrected chi connectivity index (χ4v) is 16.0. The molecule has 4 saturated carbocycles. The van der Waals surface area contributed by atoms with Crippen molar-refractivity contribution in [2.45, 2.75) is 264 Å². The summed E-state index contributed by atoms with van der Waals surface area (Å²) in [5.74, 6) is 13.3. The van der Waals surface area contributed by atoms with E-state index in [9.17, 15) is 0 Å². The predicted molar refractivity (Wildman–Crippen MR) is 281 cm³/mol. The van der Waals surface area contributed by atoms with Crippen LogP contribution in [0.1, 0.15) is 247 Å². The van der Waals surface area contributed by atoms with Crippen LogP contribution in [0.5, 0.6) is 0 Å². The minimum atomic E-state index is 0.338. The molecule has 7 rings (SSSR count). The minimum absolute atomic E-state index is 0.338. The maximum Gasteiger partial charge on any atom is 0.103 e. The van der Waals surface area contributed by atoms with Gasteiger partial charge in [0, 0.05) is 34.9 Å². The molecule has 5 aliphatic carbocycles. The maximum absolute atomic E-state index is 4.54. The largest absolute Gasteiger partial charge is 0.342 e. The van der Waals surface area contributed by atoms with Crippen molar-refractivity contribution in [3.05, 3.63) is 60.3 Å². The summed E-state index contributed by atoms with van der Waals surface area (Å²) in [5, 5.41) is 3.61. The zero-order chi connectivity index (χ0) is 46.2. The van der Waals surface area contributed by atoms with Gasteiger partial charge < -0.3 is 10.2 Å². The molecule has 1 N–H and O–H groups in total. The molecule has 65 heavy (non-hydrogen) atoms. The molecule has 10 atom stereocenters. The molecule has 0 spiro atoms. The van der Waals surface area contributed by atoms with Gasteiger partial charge >= 0.3 is 0 Å². The molecule has 0 radical (unpaired) electrons.